The molecule has 0 aliphatic rings. The summed E-state index contributed by atoms with van der Waals surface area (Å²) in [5, 5.41) is 9.38. The molecule has 102 valence electrons. The van der Waals surface area contributed by atoms with Crippen molar-refractivity contribution in [2.24, 2.45) is 0 Å². The van der Waals surface area contributed by atoms with Gasteiger partial charge in [-0.25, -0.2) is 8.42 Å². The number of nitrogens with one attached hydrogen (secondary N) is 1. The first-order chi connectivity index (χ1) is 7.93. The summed E-state index contributed by atoms with van der Waals surface area (Å²) in [5.41, 5.74) is -3.22. The van der Waals surface area contributed by atoms with Gasteiger partial charge in [0.2, 0.25) is 10.0 Å². The largest absolute Gasteiger partial charge is 0.421 e. The molecule has 0 aliphatic carbocycles. The third-order valence-corrected chi connectivity index (χ3v) is 2.91. The van der Waals surface area contributed by atoms with Crippen LogP contribution in [0.1, 0.15) is 12.5 Å². The fourth-order valence-electron chi connectivity index (χ4n) is 1.24. The summed E-state index contributed by atoms with van der Waals surface area (Å²) in [5.74, 6) is 0. The van der Waals surface area contributed by atoms with E-state index in [2.05, 4.69) is 4.72 Å². The van der Waals surface area contributed by atoms with E-state index in [-0.39, 0.29) is 11.3 Å². The predicted molar refractivity (Wildman–Crippen MR) is 60.5 cm³/mol. The fraction of sp³-hybridized carbons (Fsp3) is 0.400. The van der Waals surface area contributed by atoms with Crippen LogP contribution in [0.25, 0.3) is 0 Å². The van der Waals surface area contributed by atoms with E-state index in [1.54, 1.807) is 0 Å². The van der Waals surface area contributed by atoms with Gasteiger partial charge >= 0.3 is 6.18 Å². The summed E-state index contributed by atoms with van der Waals surface area (Å²) in [6.45, 7) is 0.631. The third-order valence-electron chi connectivity index (χ3n) is 2.30. The molecule has 0 heterocycles. The minimum Gasteiger partial charge on any atom is -0.376 e. The number of benzene rings is 1. The van der Waals surface area contributed by atoms with Crippen LogP contribution in [0.5, 0.6) is 0 Å². The number of alkyl halides is 3. The summed E-state index contributed by atoms with van der Waals surface area (Å²) in [4.78, 5) is 0. The maximum absolute atomic E-state index is 12.5. The van der Waals surface area contributed by atoms with Crippen LogP contribution in [-0.4, -0.2) is 26.0 Å². The Morgan fingerprint density at radius 3 is 1.94 bits per heavy atom. The van der Waals surface area contributed by atoms with E-state index >= 15 is 0 Å². The number of sulfonamides is 1. The zero-order valence-corrected chi connectivity index (χ0v) is 10.4. The average molecular weight is 283 g/mol. The van der Waals surface area contributed by atoms with Gasteiger partial charge < -0.3 is 5.11 Å². The number of aliphatic hydroxyl groups is 1. The van der Waals surface area contributed by atoms with E-state index < -0.39 is 21.8 Å². The molecular formula is C10H12F3NO3S. The standard InChI is InChI=1S/C10H12F3NO3S/c1-9(15,10(11,12)13)7-3-5-8(6-4-7)14-18(2,16)17/h3-6,14-15H,1-2H3. The second kappa shape index (κ2) is 4.43. The van der Waals surface area contributed by atoms with Crippen molar-refractivity contribution in [2.75, 3.05) is 11.0 Å². The highest BCUT2D eigenvalue weighted by Crippen LogP contribution is 2.38. The lowest BCUT2D eigenvalue weighted by Crippen LogP contribution is -2.39. The molecule has 0 bridgehead atoms. The van der Waals surface area contributed by atoms with Crippen molar-refractivity contribution in [3.05, 3.63) is 29.8 Å². The number of rotatable bonds is 3. The van der Waals surface area contributed by atoms with Gasteiger partial charge in [0.05, 0.1) is 6.26 Å². The molecule has 1 atom stereocenters. The second-order valence-corrected chi connectivity index (χ2v) is 5.77. The highest BCUT2D eigenvalue weighted by Gasteiger charge is 2.51. The summed E-state index contributed by atoms with van der Waals surface area (Å²) >= 11 is 0. The Labute approximate surface area is 102 Å². The van der Waals surface area contributed by atoms with Gasteiger partial charge in [-0.3, -0.25) is 4.72 Å². The summed E-state index contributed by atoms with van der Waals surface area (Å²) in [7, 11) is -3.49. The maximum atomic E-state index is 12.5. The highest BCUT2D eigenvalue weighted by molar-refractivity contribution is 7.92. The van der Waals surface area contributed by atoms with Crippen molar-refractivity contribution in [1.82, 2.24) is 0 Å². The van der Waals surface area contributed by atoms with Crippen LogP contribution in [0.15, 0.2) is 24.3 Å². The molecule has 0 aliphatic heterocycles. The molecule has 0 fully saturated rings. The van der Waals surface area contributed by atoms with Crippen LogP contribution < -0.4 is 4.72 Å². The summed E-state index contributed by atoms with van der Waals surface area (Å²) in [6, 6.07) is 4.33. The normalized spacial score (nSPS) is 16.1. The van der Waals surface area contributed by atoms with Gasteiger partial charge in [0.1, 0.15) is 0 Å². The van der Waals surface area contributed by atoms with E-state index in [1.165, 1.54) is 0 Å². The number of halogens is 3. The van der Waals surface area contributed by atoms with Crippen molar-refractivity contribution in [3.8, 4) is 0 Å². The lowest BCUT2D eigenvalue weighted by molar-refractivity contribution is -0.258. The first kappa shape index (κ1) is 14.8. The van der Waals surface area contributed by atoms with Crippen LogP contribution in [0.3, 0.4) is 0 Å². The minimum atomic E-state index is -4.81. The Morgan fingerprint density at radius 1 is 1.17 bits per heavy atom. The van der Waals surface area contributed by atoms with Crippen molar-refractivity contribution < 1.29 is 26.7 Å². The number of hydrogen-bond acceptors (Lipinski definition) is 3. The molecule has 0 saturated carbocycles. The first-order valence-electron chi connectivity index (χ1n) is 4.81. The smallest absolute Gasteiger partial charge is 0.376 e. The third kappa shape index (κ3) is 3.36. The molecule has 1 aromatic rings. The molecular weight excluding hydrogens is 271 g/mol. The van der Waals surface area contributed by atoms with E-state index in [4.69, 9.17) is 0 Å². The molecule has 1 rings (SSSR count). The highest BCUT2D eigenvalue weighted by atomic mass is 32.2. The van der Waals surface area contributed by atoms with E-state index in [1.807, 2.05) is 0 Å². The van der Waals surface area contributed by atoms with Gasteiger partial charge in [0, 0.05) is 5.69 Å². The maximum Gasteiger partial charge on any atom is 0.421 e. The molecule has 0 spiro atoms. The zero-order valence-electron chi connectivity index (χ0n) is 9.62. The number of anilines is 1. The molecule has 18 heavy (non-hydrogen) atoms. The molecule has 0 amide bonds. The fourth-order valence-corrected chi connectivity index (χ4v) is 1.80. The Morgan fingerprint density at radius 2 is 1.61 bits per heavy atom. The Balaban J connectivity index is 3.04. The van der Waals surface area contributed by atoms with Gasteiger partial charge in [0.15, 0.2) is 5.60 Å². The molecule has 1 aromatic carbocycles. The average Bonchev–Trinajstić information content (AvgIpc) is 2.14. The van der Waals surface area contributed by atoms with Gasteiger partial charge in [-0.1, -0.05) is 12.1 Å². The first-order valence-corrected chi connectivity index (χ1v) is 6.70. The molecule has 4 nitrogen and oxygen atoms in total. The summed E-state index contributed by atoms with van der Waals surface area (Å²) in [6.07, 6.45) is -3.88. The number of hydrogen-bond donors (Lipinski definition) is 2. The van der Waals surface area contributed by atoms with Crippen molar-refractivity contribution in [1.29, 1.82) is 0 Å². The van der Waals surface area contributed by atoms with Crippen LogP contribution in [0.4, 0.5) is 18.9 Å². The van der Waals surface area contributed by atoms with Crippen LogP contribution in [0, 0.1) is 0 Å². The molecule has 0 saturated heterocycles. The van der Waals surface area contributed by atoms with Crippen LogP contribution >= 0.6 is 0 Å². The molecule has 0 aromatic heterocycles. The van der Waals surface area contributed by atoms with Gasteiger partial charge in [0.25, 0.3) is 0 Å². The van der Waals surface area contributed by atoms with Crippen molar-refractivity contribution in [2.45, 2.75) is 18.7 Å². The van der Waals surface area contributed by atoms with E-state index in [9.17, 15) is 26.7 Å². The van der Waals surface area contributed by atoms with Crippen molar-refractivity contribution in [3.63, 3.8) is 0 Å². The van der Waals surface area contributed by atoms with Gasteiger partial charge in [-0.05, 0) is 24.6 Å². The van der Waals surface area contributed by atoms with Gasteiger partial charge in [-0.2, -0.15) is 13.2 Å². The lowest BCUT2D eigenvalue weighted by atomic mass is 9.95. The lowest BCUT2D eigenvalue weighted by Gasteiger charge is -2.26. The Kier molecular flexibility index (Phi) is 3.64. The topological polar surface area (TPSA) is 66.4 Å². The monoisotopic (exact) mass is 283 g/mol. The minimum absolute atomic E-state index is 0.124. The van der Waals surface area contributed by atoms with Crippen LogP contribution in [0.2, 0.25) is 0 Å². The Hall–Kier alpha value is -1.28. The van der Waals surface area contributed by atoms with Gasteiger partial charge in [-0.15, -0.1) is 0 Å². The molecule has 8 heteroatoms. The molecule has 2 N–H and O–H groups in total. The zero-order chi connectivity index (χ0) is 14.2. The van der Waals surface area contributed by atoms with E-state index in [0.717, 1.165) is 30.5 Å². The van der Waals surface area contributed by atoms with E-state index in [0.29, 0.717) is 6.92 Å². The van der Waals surface area contributed by atoms with Crippen LogP contribution in [-0.2, 0) is 15.6 Å². The molecule has 1 unspecified atom stereocenters. The van der Waals surface area contributed by atoms with Crippen molar-refractivity contribution >= 4 is 15.7 Å². The Bertz CT molecular complexity index is 520. The second-order valence-electron chi connectivity index (χ2n) is 4.02. The predicted octanol–water partition coefficient (Wildman–Crippen LogP) is 1.83. The SMILES string of the molecule is CC(O)(c1ccc(NS(C)(=O)=O)cc1)C(F)(F)F. The molecule has 0 radical (unpaired) electrons. The summed E-state index contributed by atoms with van der Waals surface area (Å²) < 4.78 is 61.5. The quantitative estimate of drug-likeness (QED) is 0.889.